The molecule has 0 fully saturated rings. The lowest BCUT2D eigenvalue weighted by atomic mass is 10.0. The van der Waals surface area contributed by atoms with Crippen LogP contribution in [0.4, 0.5) is 22.7 Å². The number of rotatable bonds is 18. The molecular weight excluding hydrogens is 769 g/mol. The maximum atomic E-state index is 12.8. The average molecular weight is 813 g/mol. The number of aryl methyl sites for hydroxylation is 2. The van der Waals surface area contributed by atoms with Crippen molar-refractivity contribution in [3.63, 3.8) is 0 Å². The predicted octanol–water partition coefficient (Wildman–Crippen LogP) is 11.9. The van der Waals surface area contributed by atoms with Gasteiger partial charge in [0.1, 0.15) is 17.2 Å². The summed E-state index contributed by atoms with van der Waals surface area (Å²) in [6, 6.07) is 39.6. The van der Waals surface area contributed by atoms with Gasteiger partial charge in [-0.25, -0.2) is 0 Å². The van der Waals surface area contributed by atoms with Crippen molar-refractivity contribution in [1.82, 2.24) is 0 Å². The number of aromatic hydroxyl groups is 2. The van der Waals surface area contributed by atoms with E-state index in [1.807, 2.05) is 55.5 Å². The van der Waals surface area contributed by atoms with Gasteiger partial charge in [-0.2, -0.15) is 15.3 Å². The zero-order valence-electron chi connectivity index (χ0n) is 33.6. The second-order valence-corrected chi connectivity index (χ2v) is 13.4. The summed E-state index contributed by atoms with van der Waals surface area (Å²) in [5.74, 6) is -0.527. The van der Waals surface area contributed by atoms with Crippen LogP contribution < -0.4 is 4.74 Å². The quantitative estimate of drug-likeness (QED) is 0.0494. The number of carbonyl (C=O) groups is 4. The molecule has 0 heterocycles. The van der Waals surface area contributed by atoms with Crippen LogP contribution in [0.5, 0.6) is 17.2 Å². The SMILES string of the molecule is C=CC(=O)CCc1ccc(N=Nc2cc(C(=O)c3ccccc3)c(O)cc2OCC)cc1.C=CC(=O)CCc1ccc(N=Nc2ccc(O)c(C(=O)c3ccccc3)c2)cc1. The van der Waals surface area contributed by atoms with E-state index in [-0.39, 0.29) is 45.8 Å². The van der Waals surface area contributed by atoms with Crippen molar-refractivity contribution in [3.8, 4) is 17.2 Å². The monoisotopic (exact) mass is 812 g/mol. The Labute approximate surface area is 354 Å². The Balaban J connectivity index is 0.000000232. The van der Waals surface area contributed by atoms with E-state index in [2.05, 4.69) is 33.6 Å². The summed E-state index contributed by atoms with van der Waals surface area (Å²) in [7, 11) is 0. The number of phenols is 2. The van der Waals surface area contributed by atoms with E-state index >= 15 is 0 Å². The minimum Gasteiger partial charge on any atom is -0.507 e. The molecule has 11 heteroatoms. The van der Waals surface area contributed by atoms with Gasteiger partial charge in [0.25, 0.3) is 0 Å². The van der Waals surface area contributed by atoms with E-state index in [0.29, 0.717) is 71.9 Å². The molecule has 6 rings (SSSR count). The normalized spacial score (nSPS) is 10.8. The van der Waals surface area contributed by atoms with Crippen molar-refractivity contribution >= 4 is 45.9 Å². The molecule has 0 amide bonds. The van der Waals surface area contributed by atoms with Crippen molar-refractivity contribution in [2.75, 3.05) is 6.61 Å². The van der Waals surface area contributed by atoms with E-state index in [0.717, 1.165) is 11.1 Å². The number of allylic oxidation sites excluding steroid dienone is 2. The molecule has 0 bridgehead atoms. The van der Waals surface area contributed by atoms with Crippen LogP contribution in [0.2, 0.25) is 0 Å². The predicted molar refractivity (Wildman–Crippen MR) is 235 cm³/mol. The van der Waals surface area contributed by atoms with Crippen molar-refractivity contribution in [3.05, 3.63) is 198 Å². The molecule has 0 aliphatic heterocycles. The molecule has 0 aliphatic rings. The standard InChI is InChI=1S/C26H24N2O4.C24H20N2O3/c1-3-21(29)15-12-18-10-13-20(14-11-18)27-28-23-16-22(24(30)17-25(23)32-4-2)26(31)19-8-6-5-7-9-19;1-2-21(27)14-10-17-8-11-19(12-9-17)25-26-20-13-15-23(28)22(16-20)24(29)18-6-4-3-5-7-18/h3,5-11,13-14,16-17,30H,1,4,12,15H2,2H3;2-9,11-13,15-16,28H,1,10,14H2. The molecule has 0 atom stereocenters. The van der Waals surface area contributed by atoms with Crippen molar-refractivity contribution < 1.29 is 34.1 Å². The molecule has 6 aromatic carbocycles. The Hall–Kier alpha value is -7.92. The number of carbonyl (C=O) groups excluding carboxylic acids is 4. The van der Waals surface area contributed by atoms with Crippen molar-refractivity contribution in [1.29, 1.82) is 0 Å². The van der Waals surface area contributed by atoms with Crippen molar-refractivity contribution in [2.45, 2.75) is 32.6 Å². The molecular formula is C50H44N4O7. The molecule has 306 valence electrons. The van der Waals surface area contributed by atoms with E-state index < -0.39 is 0 Å². The Morgan fingerprint density at radius 1 is 0.541 bits per heavy atom. The Bertz CT molecular complexity index is 2550. The first-order valence-corrected chi connectivity index (χ1v) is 19.4. The topological polar surface area (TPSA) is 167 Å². The van der Waals surface area contributed by atoms with Crippen LogP contribution in [0.15, 0.2) is 185 Å². The van der Waals surface area contributed by atoms with Crippen LogP contribution >= 0.6 is 0 Å². The number of ether oxygens (including phenoxy) is 1. The second-order valence-electron chi connectivity index (χ2n) is 13.4. The van der Waals surface area contributed by atoms with Gasteiger partial charge >= 0.3 is 0 Å². The van der Waals surface area contributed by atoms with Crippen LogP contribution in [-0.4, -0.2) is 40.0 Å². The fourth-order valence-corrected chi connectivity index (χ4v) is 5.77. The maximum Gasteiger partial charge on any atom is 0.196 e. The van der Waals surface area contributed by atoms with E-state index in [1.165, 1.54) is 36.4 Å². The van der Waals surface area contributed by atoms with Gasteiger partial charge in [0.15, 0.2) is 28.9 Å². The highest BCUT2D eigenvalue weighted by molar-refractivity contribution is 6.12. The molecule has 0 unspecified atom stereocenters. The fraction of sp³-hybridized carbons (Fsp3) is 0.120. The highest BCUT2D eigenvalue weighted by Gasteiger charge is 2.18. The second kappa shape index (κ2) is 22.3. The van der Waals surface area contributed by atoms with Gasteiger partial charge in [0, 0.05) is 30.0 Å². The summed E-state index contributed by atoms with van der Waals surface area (Å²) in [5, 5.41) is 37.3. The first kappa shape index (κ1) is 44.2. The molecule has 0 saturated carbocycles. The lowest BCUT2D eigenvalue weighted by Crippen LogP contribution is -2.02. The van der Waals surface area contributed by atoms with E-state index in [1.54, 1.807) is 66.7 Å². The van der Waals surface area contributed by atoms with E-state index in [4.69, 9.17) is 4.74 Å². The zero-order chi connectivity index (χ0) is 43.6. The van der Waals surface area contributed by atoms with E-state index in [9.17, 15) is 29.4 Å². The largest absolute Gasteiger partial charge is 0.507 e. The number of phenolic OH excluding ortho intramolecular Hbond substituents is 2. The lowest BCUT2D eigenvalue weighted by molar-refractivity contribution is -0.115. The fourth-order valence-electron chi connectivity index (χ4n) is 5.77. The Morgan fingerprint density at radius 3 is 1.46 bits per heavy atom. The average Bonchev–Trinajstić information content (AvgIpc) is 3.30. The highest BCUT2D eigenvalue weighted by Crippen LogP contribution is 2.37. The van der Waals surface area contributed by atoms with Gasteiger partial charge in [-0.1, -0.05) is 98.1 Å². The van der Waals surface area contributed by atoms with Gasteiger partial charge in [-0.05, 0) is 91.6 Å². The number of azo groups is 2. The summed E-state index contributed by atoms with van der Waals surface area (Å²) in [6.45, 7) is 9.13. The van der Waals surface area contributed by atoms with Crippen LogP contribution in [0.3, 0.4) is 0 Å². The maximum absolute atomic E-state index is 12.8. The molecule has 61 heavy (non-hydrogen) atoms. The summed E-state index contributed by atoms with van der Waals surface area (Å²) < 4.78 is 5.57. The highest BCUT2D eigenvalue weighted by atomic mass is 16.5. The van der Waals surface area contributed by atoms with Gasteiger partial charge in [0.2, 0.25) is 0 Å². The molecule has 11 nitrogen and oxygen atoms in total. The molecule has 0 aliphatic carbocycles. The third-order valence-corrected chi connectivity index (χ3v) is 9.12. The van der Waals surface area contributed by atoms with Crippen LogP contribution in [-0.2, 0) is 22.4 Å². The van der Waals surface area contributed by atoms with Crippen molar-refractivity contribution in [2.24, 2.45) is 20.5 Å². The van der Waals surface area contributed by atoms with Gasteiger partial charge in [-0.15, -0.1) is 5.11 Å². The first-order valence-electron chi connectivity index (χ1n) is 19.4. The third kappa shape index (κ3) is 13.0. The molecule has 0 spiro atoms. The molecule has 0 radical (unpaired) electrons. The first-order chi connectivity index (χ1) is 29.6. The minimum atomic E-state index is -0.318. The van der Waals surface area contributed by atoms with Crippen LogP contribution in [0, 0.1) is 0 Å². The Morgan fingerprint density at radius 2 is 0.984 bits per heavy atom. The number of hydrogen-bond donors (Lipinski definition) is 2. The lowest BCUT2D eigenvalue weighted by Gasteiger charge is -2.10. The number of nitrogens with zero attached hydrogens (tertiary/aromatic N) is 4. The van der Waals surface area contributed by atoms with Gasteiger partial charge in [-0.3, -0.25) is 19.2 Å². The molecule has 2 N–H and O–H groups in total. The smallest absolute Gasteiger partial charge is 0.196 e. The third-order valence-electron chi connectivity index (χ3n) is 9.12. The number of ketones is 4. The summed E-state index contributed by atoms with van der Waals surface area (Å²) in [6.07, 6.45) is 4.76. The number of benzene rings is 6. The summed E-state index contributed by atoms with van der Waals surface area (Å²) in [4.78, 5) is 48.1. The molecule has 0 saturated heterocycles. The summed E-state index contributed by atoms with van der Waals surface area (Å²) in [5.41, 5.74) is 5.33. The molecule has 0 aromatic heterocycles. The van der Waals surface area contributed by atoms with Gasteiger partial charge in [0.05, 0.1) is 34.8 Å². The zero-order valence-corrected chi connectivity index (χ0v) is 33.6. The Kier molecular flexibility index (Phi) is 16.1. The summed E-state index contributed by atoms with van der Waals surface area (Å²) >= 11 is 0. The van der Waals surface area contributed by atoms with Crippen LogP contribution in [0.1, 0.15) is 62.7 Å². The van der Waals surface area contributed by atoms with Gasteiger partial charge < -0.3 is 14.9 Å². The number of hydrogen-bond acceptors (Lipinski definition) is 11. The minimum absolute atomic E-state index is 0.00500. The molecule has 6 aromatic rings. The van der Waals surface area contributed by atoms with Crippen LogP contribution in [0.25, 0.3) is 0 Å².